The third-order valence-electron chi connectivity index (χ3n) is 4.50. The molecule has 2 nitrogen and oxygen atoms in total. The summed E-state index contributed by atoms with van der Waals surface area (Å²) in [6.07, 6.45) is 4.89. The van der Waals surface area contributed by atoms with Crippen molar-refractivity contribution in [2.75, 3.05) is 5.32 Å². The lowest BCUT2D eigenvalue weighted by atomic mass is 9.82. The first-order valence-corrected chi connectivity index (χ1v) is 7.68. The van der Waals surface area contributed by atoms with E-state index in [1.54, 1.807) is 0 Å². The largest absolute Gasteiger partial charge is 0.382 e. The second-order valence-corrected chi connectivity index (χ2v) is 6.38. The van der Waals surface area contributed by atoms with E-state index in [1.807, 2.05) is 0 Å². The van der Waals surface area contributed by atoms with Gasteiger partial charge in [-0.25, -0.2) is 0 Å². The zero-order valence-corrected chi connectivity index (χ0v) is 12.5. The van der Waals surface area contributed by atoms with Crippen LogP contribution in [-0.4, -0.2) is 12.1 Å². The summed E-state index contributed by atoms with van der Waals surface area (Å²) in [7, 11) is 0. The van der Waals surface area contributed by atoms with Crippen LogP contribution in [0.3, 0.4) is 0 Å². The van der Waals surface area contributed by atoms with E-state index in [1.165, 1.54) is 36.9 Å². The van der Waals surface area contributed by atoms with E-state index in [2.05, 4.69) is 50.4 Å². The molecule has 1 aliphatic carbocycles. The van der Waals surface area contributed by atoms with Crippen LogP contribution in [0.4, 0.5) is 5.69 Å². The van der Waals surface area contributed by atoms with Crippen LogP contribution >= 0.6 is 0 Å². The van der Waals surface area contributed by atoms with Crippen LogP contribution in [0.15, 0.2) is 24.3 Å². The van der Waals surface area contributed by atoms with Crippen molar-refractivity contribution in [3.8, 4) is 0 Å². The van der Waals surface area contributed by atoms with Gasteiger partial charge in [-0.05, 0) is 62.1 Å². The Morgan fingerprint density at radius 3 is 2.11 bits per heavy atom. The Morgan fingerprint density at radius 2 is 1.58 bits per heavy atom. The maximum absolute atomic E-state index is 5.97. The smallest absolute Gasteiger partial charge is 0.0342 e. The highest BCUT2D eigenvalue weighted by Gasteiger charge is 2.23. The van der Waals surface area contributed by atoms with Gasteiger partial charge in [-0.2, -0.15) is 0 Å². The average molecular weight is 260 g/mol. The lowest BCUT2D eigenvalue weighted by Gasteiger charge is -2.31. The van der Waals surface area contributed by atoms with Gasteiger partial charge in [-0.3, -0.25) is 0 Å². The fourth-order valence-electron chi connectivity index (χ4n) is 2.99. The number of nitrogens with one attached hydrogen (secondary N) is 1. The first kappa shape index (κ1) is 14.4. The molecule has 0 aliphatic heterocycles. The molecule has 1 atom stereocenters. The highest BCUT2D eigenvalue weighted by molar-refractivity contribution is 5.46. The highest BCUT2D eigenvalue weighted by Crippen LogP contribution is 2.28. The fraction of sp³-hybridized carbons (Fsp3) is 0.647. The summed E-state index contributed by atoms with van der Waals surface area (Å²) < 4.78 is 0. The Balaban J connectivity index is 1.89. The van der Waals surface area contributed by atoms with Crippen molar-refractivity contribution in [2.24, 2.45) is 11.7 Å². The lowest BCUT2D eigenvalue weighted by molar-refractivity contribution is 0.302. The first-order valence-electron chi connectivity index (χ1n) is 7.68. The maximum Gasteiger partial charge on any atom is 0.0342 e. The molecular weight excluding hydrogens is 232 g/mol. The molecule has 1 unspecified atom stereocenters. The molecular formula is C17H28N2. The summed E-state index contributed by atoms with van der Waals surface area (Å²) in [5.41, 5.74) is 8.62. The maximum atomic E-state index is 5.97. The van der Waals surface area contributed by atoms with Crippen LogP contribution in [0, 0.1) is 5.92 Å². The normalized spacial score (nSPS) is 25.3. The molecule has 1 aromatic rings. The van der Waals surface area contributed by atoms with Crippen molar-refractivity contribution >= 4 is 5.69 Å². The van der Waals surface area contributed by atoms with Crippen molar-refractivity contribution in [1.29, 1.82) is 0 Å². The van der Waals surface area contributed by atoms with E-state index in [-0.39, 0.29) is 0 Å². The molecule has 3 N–H and O–H groups in total. The number of rotatable bonds is 4. The number of hydrogen-bond donors (Lipinski definition) is 2. The molecule has 0 spiro atoms. The minimum Gasteiger partial charge on any atom is -0.382 e. The van der Waals surface area contributed by atoms with Crippen molar-refractivity contribution in [2.45, 2.75) is 64.5 Å². The lowest BCUT2D eigenvalue weighted by Crippen LogP contribution is -2.34. The molecule has 19 heavy (non-hydrogen) atoms. The quantitative estimate of drug-likeness (QED) is 0.854. The minimum atomic E-state index is 0.439. The predicted molar refractivity (Wildman–Crippen MR) is 83.5 cm³/mol. The average Bonchev–Trinajstić information content (AvgIpc) is 2.40. The molecule has 0 heterocycles. The van der Waals surface area contributed by atoms with Crippen LogP contribution in [0.2, 0.25) is 0 Å². The molecule has 0 bridgehead atoms. The van der Waals surface area contributed by atoms with Crippen molar-refractivity contribution in [3.05, 3.63) is 29.8 Å². The Hall–Kier alpha value is -1.02. The van der Waals surface area contributed by atoms with E-state index >= 15 is 0 Å². The zero-order chi connectivity index (χ0) is 13.8. The van der Waals surface area contributed by atoms with Gasteiger partial charge in [0, 0.05) is 17.8 Å². The van der Waals surface area contributed by atoms with E-state index in [4.69, 9.17) is 5.73 Å². The third kappa shape index (κ3) is 3.97. The number of anilines is 1. The topological polar surface area (TPSA) is 38.0 Å². The van der Waals surface area contributed by atoms with Gasteiger partial charge < -0.3 is 11.1 Å². The summed E-state index contributed by atoms with van der Waals surface area (Å²) >= 11 is 0. The standard InChI is InChI=1S/C17H28N2/c1-12(2)14-6-10-17(11-7-14)19-13(3)15-4-8-16(18)9-5-15/h6-7,10-13,15-16,19H,4-5,8-9,18H2,1-3H3/t13?,15-,16-. The number of benzene rings is 1. The molecule has 0 aromatic heterocycles. The SMILES string of the molecule is CC(C)c1ccc(NC(C)[C@H]2CC[C@H](N)CC2)cc1. The summed E-state index contributed by atoms with van der Waals surface area (Å²) in [5, 5.41) is 3.65. The van der Waals surface area contributed by atoms with Crippen LogP contribution in [-0.2, 0) is 0 Å². The van der Waals surface area contributed by atoms with Gasteiger partial charge in [0.05, 0.1) is 0 Å². The van der Waals surface area contributed by atoms with Gasteiger partial charge >= 0.3 is 0 Å². The van der Waals surface area contributed by atoms with Gasteiger partial charge in [0.1, 0.15) is 0 Å². The first-order chi connectivity index (χ1) is 9.06. The Bertz CT molecular complexity index is 375. The summed E-state index contributed by atoms with van der Waals surface area (Å²) in [4.78, 5) is 0. The summed E-state index contributed by atoms with van der Waals surface area (Å²) in [6.45, 7) is 6.77. The Kier molecular flexibility index (Phi) is 4.87. The van der Waals surface area contributed by atoms with Gasteiger partial charge in [0.2, 0.25) is 0 Å². The molecule has 2 heteroatoms. The molecule has 2 rings (SSSR count). The number of nitrogens with two attached hydrogens (primary N) is 1. The zero-order valence-electron chi connectivity index (χ0n) is 12.5. The minimum absolute atomic E-state index is 0.439. The van der Waals surface area contributed by atoms with Crippen LogP contribution < -0.4 is 11.1 Å². The molecule has 0 amide bonds. The van der Waals surface area contributed by atoms with E-state index in [0.29, 0.717) is 18.0 Å². The second-order valence-electron chi connectivity index (χ2n) is 6.38. The summed E-state index contributed by atoms with van der Waals surface area (Å²) in [6, 6.07) is 9.86. The van der Waals surface area contributed by atoms with Crippen LogP contribution in [0.1, 0.15) is 57.9 Å². The summed E-state index contributed by atoms with van der Waals surface area (Å²) in [5.74, 6) is 1.37. The van der Waals surface area contributed by atoms with Gasteiger partial charge in [-0.1, -0.05) is 26.0 Å². The Morgan fingerprint density at radius 1 is 1.00 bits per heavy atom. The molecule has 1 fully saturated rings. The van der Waals surface area contributed by atoms with Crippen LogP contribution in [0.25, 0.3) is 0 Å². The number of hydrogen-bond acceptors (Lipinski definition) is 2. The van der Waals surface area contributed by atoms with E-state index in [0.717, 1.165) is 5.92 Å². The van der Waals surface area contributed by atoms with Crippen LogP contribution in [0.5, 0.6) is 0 Å². The van der Waals surface area contributed by atoms with Gasteiger partial charge in [0.25, 0.3) is 0 Å². The molecule has 106 valence electrons. The van der Waals surface area contributed by atoms with Crippen molar-refractivity contribution in [1.82, 2.24) is 0 Å². The molecule has 0 radical (unpaired) electrons. The highest BCUT2D eigenvalue weighted by atomic mass is 14.9. The third-order valence-corrected chi connectivity index (χ3v) is 4.50. The van der Waals surface area contributed by atoms with E-state index in [9.17, 15) is 0 Å². The van der Waals surface area contributed by atoms with Gasteiger partial charge in [0.15, 0.2) is 0 Å². The molecule has 1 aromatic carbocycles. The molecule has 1 saturated carbocycles. The molecule has 0 saturated heterocycles. The monoisotopic (exact) mass is 260 g/mol. The predicted octanol–water partition coefficient (Wildman–Crippen LogP) is 4.13. The van der Waals surface area contributed by atoms with E-state index < -0.39 is 0 Å². The van der Waals surface area contributed by atoms with Crippen molar-refractivity contribution < 1.29 is 0 Å². The van der Waals surface area contributed by atoms with Gasteiger partial charge in [-0.15, -0.1) is 0 Å². The molecule has 1 aliphatic rings. The van der Waals surface area contributed by atoms with Crippen molar-refractivity contribution in [3.63, 3.8) is 0 Å². The Labute approximate surface area is 117 Å². The fourth-order valence-corrected chi connectivity index (χ4v) is 2.99. The second kappa shape index (κ2) is 6.42.